The fourth-order valence-corrected chi connectivity index (χ4v) is 2.90. The average Bonchev–Trinajstić information content (AvgIpc) is 2.64. The number of nitrogen functional groups attached to an aromatic ring is 1. The van der Waals surface area contributed by atoms with Crippen molar-refractivity contribution in [1.29, 1.82) is 0 Å². The Morgan fingerprint density at radius 3 is 2.12 bits per heavy atom. The van der Waals surface area contributed by atoms with E-state index in [0.717, 1.165) is 19.4 Å². The van der Waals surface area contributed by atoms with Gasteiger partial charge in [0, 0.05) is 6.54 Å². The summed E-state index contributed by atoms with van der Waals surface area (Å²) < 4.78 is 6.08. The Morgan fingerprint density at radius 2 is 1.54 bits per heavy atom. The summed E-state index contributed by atoms with van der Waals surface area (Å²) in [5.74, 6) is 0.730. The molecule has 0 bridgehead atoms. The third-order valence-electron chi connectivity index (χ3n) is 4.45. The number of nitrogens with two attached hydrogens (primary N) is 1. The smallest absolute Gasteiger partial charge is 0.347 e. The van der Waals surface area contributed by atoms with Crippen LogP contribution in [0.4, 0.5) is 11.8 Å². The van der Waals surface area contributed by atoms with Crippen molar-refractivity contribution in [2.45, 2.75) is 90.9 Å². The SMILES string of the molecule is CCCCCCCCCCCCCNc1cc(OCCC)nc(N)[n+]1[O-]. The molecule has 0 unspecified atom stereocenters. The van der Waals surface area contributed by atoms with Crippen molar-refractivity contribution in [3.63, 3.8) is 0 Å². The van der Waals surface area contributed by atoms with Gasteiger partial charge in [0.25, 0.3) is 5.88 Å². The molecule has 0 aromatic carbocycles. The molecule has 0 aliphatic carbocycles. The lowest BCUT2D eigenvalue weighted by molar-refractivity contribution is -0.577. The summed E-state index contributed by atoms with van der Waals surface area (Å²) in [6.45, 7) is 5.60. The number of hydrogen-bond acceptors (Lipinski definition) is 5. The maximum atomic E-state index is 11.9. The Morgan fingerprint density at radius 1 is 0.962 bits per heavy atom. The summed E-state index contributed by atoms with van der Waals surface area (Å²) in [5.41, 5.74) is 5.65. The van der Waals surface area contributed by atoms with Crippen molar-refractivity contribution in [2.75, 3.05) is 24.2 Å². The van der Waals surface area contributed by atoms with E-state index in [1.165, 1.54) is 64.2 Å². The quantitative estimate of drug-likeness (QED) is 0.249. The highest BCUT2D eigenvalue weighted by atomic mass is 16.5. The Kier molecular flexibility index (Phi) is 12.4. The first-order chi connectivity index (χ1) is 12.7. The zero-order chi connectivity index (χ0) is 19.0. The lowest BCUT2D eigenvalue weighted by Gasteiger charge is -2.14. The Hall–Kier alpha value is -1.72. The second-order valence-electron chi connectivity index (χ2n) is 6.94. The van der Waals surface area contributed by atoms with Crippen molar-refractivity contribution in [3.8, 4) is 5.88 Å². The van der Waals surface area contributed by atoms with Crippen LogP contribution in [0, 0.1) is 5.21 Å². The van der Waals surface area contributed by atoms with Crippen LogP contribution in [0.5, 0.6) is 5.88 Å². The zero-order valence-corrected chi connectivity index (χ0v) is 16.8. The molecule has 3 N–H and O–H groups in total. The molecular formula is C20H38N4O2. The highest BCUT2D eigenvalue weighted by Gasteiger charge is 2.11. The van der Waals surface area contributed by atoms with Gasteiger partial charge in [0.2, 0.25) is 5.82 Å². The standard InChI is InChI=1S/C20H38N4O2/c1-3-5-6-7-8-9-10-11-12-13-14-15-22-18-17-19(26-16-4-2)23-20(21)24(18)25/h17,22H,3-16H2,1-2H3,(H2,21,23). The zero-order valence-electron chi connectivity index (χ0n) is 16.8. The molecule has 6 nitrogen and oxygen atoms in total. The predicted molar refractivity (Wildman–Crippen MR) is 108 cm³/mol. The summed E-state index contributed by atoms with van der Waals surface area (Å²) in [6, 6.07) is 1.62. The minimum absolute atomic E-state index is 0.0833. The molecule has 0 amide bonds. The fourth-order valence-electron chi connectivity index (χ4n) is 2.90. The minimum Gasteiger partial charge on any atom is -0.754 e. The van der Waals surface area contributed by atoms with Gasteiger partial charge in [0.05, 0.1) is 12.7 Å². The number of ether oxygens (including phenoxy) is 1. The minimum atomic E-state index is -0.0833. The highest BCUT2D eigenvalue weighted by Crippen LogP contribution is 2.14. The van der Waals surface area contributed by atoms with E-state index in [-0.39, 0.29) is 5.95 Å². The van der Waals surface area contributed by atoms with Gasteiger partial charge in [0.15, 0.2) is 0 Å². The van der Waals surface area contributed by atoms with Gasteiger partial charge >= 0.3 is 5.95 Å². The van der Waals surface area contributed by atoms with Crippen LogP contribution < -0.4 is 20.5 Å². The topological polar surface area (TPSA) is 87.1 Å². The molecule has 0 saturated heterocycles. The van der Waals surface area contributed by atoms with E-state index in [4.69, 9.17) is 10.5 Å². The third-order valence-corrected chi connectivity index (χ3v) is 4.45. The lowest BCUT2D eigenvalue weighted by Crippen LogP contribution is -2.36. The van der Waals surface area contributed by atoms with Crippen LogP contribution in [-0.2, 0) is 0 Å². The molecule has 26 heavy (non-hydrogen) atoms. The first kappa shape index (κ1) is 22.3. The van der Waals surface area contributed by atoms with Gasteiger partial charge in [-0.05, 0) is 12.8 Å². The molecule has 1 aromatic rings. The number of nitrogens with zero attached hydrogens (tertiary/aromatic N) is 2. The van der Waals surface area contributed by atoms with Crippen molar-refractivity contribution >= 4 is 11.8 Å². The number of hydrogen-bond donors (Lipinski definition) is 2. The molecule has 0 atom stereocenters. The number of unbranched alkanes of at least 4 members (excludes halogenated alkanes) is 10. The van der Waals surface area contributed by atoms with Crippen LogP contribution in [0.2, 0.25) is 0 Å². The molecule has 0 fully saturated rings. The van der Waals surface area contributed by atoms with Crippen LogP contribution in [-0.4, -0.2) is 18.1 Å². The van der Waals surface area contributed by atoms with Crippen LogP contribution >= 0.6 is 0 Å². The number of nitrogens with one attached hydrogen (secondary N) is 1. The largest absolute Gasteiger partial charge is 0.754 e. The van der Waals surface area contributed by atoms with Gasteiger partial charge < -0.3 is 21.0 Å². The molecule has 0 saturated carbocycles. The first-order valence-electron chi connectivity index (χ1n) is 10.5. The van der Waals surface area contributed by atoms with Gasteiger partial charge in [-0.3, -0.25) is 0 Å². The van der Waals surface area contributed by atoms with Crippen molar-refractivity contribution in [2.24, 2.45) is 0 Å². The summed E-state index contributed by atoms with van der Waals surface area (Å²) in [4.78, 5) is 3.95. The van der Waals surface area contributed by atoms with Crippen molar-refractivity contribution < 1.29 is 9.47 Å². The Labute approximate surface area is 159 Å². The second-order valence-corrected chi connectivity index (χ2v) is 6.94. The first-order valence-corrected chi connectivity index (χ1v) is 10.5. The van der Waals surface area contributed by atoms with Gasteiger partial charge in [-0.2, -0.15) is 0 Å². The molecule has 0 aliphatic heterocycles. The van der Waals surface area contributed by atoms with Gasteiger partial charge in [-0.25, -0.2) is 4.73 Å². The monoisotopic (exact) mass is 366 g/mol. The van der Waals surface area contributed by atoms with Crippen molar-refractivity contribution in [1.82, 2.24) is 4.98 Å². The Balaban J connectivity index is 2.11. The molecule has 6 heteroatoms. The summed E-state index contributed by atoms with van der Waals surface area (Å²) in [5, 5.41) is 15.1. The van der Waals surface area contributed by atoms with E-state index in [1.54, 1.807) is 6.07 Å². The third kappa shape index (κ3) is 9.68. The van der Waals surface area contributed by atoms with E-state index in [0.29, 0.717) is 23.0 Å². The number of rotatable bonds is 16. The highest BCUT2D eigenvalue weighted by molar-refractivity contribution is 5.36. The lowest BCUT2D eigenvalue weighted by atomic mass is 10.1. The van der Waals surface area contributed by atoms with Crippen LogP contribution in [0.1, 0.15) is 90.9 Å². The molecule has 1 heterocycles. The predicted octanol–water partition coefficient (Wildman–Crippen LogP) is 4.81. The summed E-state index contributed by atoms with van der Waals surface area (Å²) in [7, 11) is 0. The normalized spacial score (nSPS) is 10.8. The molecule has 1 rings (SSSR count). The van der Waals surface area contributed by atoms with E-state index < -0.39 is 0 Å². The molecule has 0 radical (unpaired) electrons. The van der Waals surface area contributed by atoms with Crippen LogP contribution in [0.15, 0.2) is 6.07 Å². The molecule has 1 aromatic heterocycles. The molecular weight excluding hydrogens is 328 g/mol. The second kappa shape index (κ2) is 14.4. The maximum Gasteiger partial charge on any atom is 0.347 e. The summed E-state index contributed by atoms with van der Waals surface area (Å²) in [6.07, 6.45) is 15.3. The van der Waals surface area contributed by atoms with Gasteiger partial charge in [0.1, 0.15) is 0 Å². The maximum absolute atomic E-state index is 11.9. The molecule has 150 valence electrons. The fraction of sp³-hybridized carbons (Fsp3) is 0.800. The van der Waals surface area contributed by atoms with Crippen LogP contribution in [0.3, 0.4) is 0 Å². The van der Waals surface area contributed by atoms with Gasteiger partial charge in [-0.1, -0.05) is 83.0 Å². The molecule has 0 aliphatic rings. The summed E-state index contributed by atoms with van der Waals surface area (Å²) >= 11 is 0. The van der Waals surface area contributed by atoms with E-state index >= 15 is 0 Å². The van der Waals surface area contributed by atoms with E-state index in [9.17, 15) is 5.21 Å². The van der Waals surface area contributed by atoms with E-state index in [2.05, 4.69) is 17.2 Å². The van der Waals surface area contributed by atoms with Crippen molar-refractivity contribution in [3.05, 3.63) is 11.3 Å². The molecule has 0 spiro atoms. The average molecular weight is 367 g/mol. The van der Waals surface area contributed by atoms with E-state index in [1.807, 2.05) is 6.92 Å². The number of aromatic nitrogens is 2. The van der Waals surface area contributed by atoms with Gasteiger partial charge in [-0.15, -0.1) is 0 Å². The Bertz CT molecular complexity index is 483. The number of anilines is 2. The van der Waals surface area contributed by atoms with Crippen LogP contribution in [0.25, 0.3) is 0 Å².